The number of nitrogens with zero attached hydrogens (tertiary/aromatic N) is 1. The van der Waals surface area contributed by atoms with Crippen LogP contribution in [0.1, 0.15) is 25.8 Å². The maximum Gasteiger partial charge on any atom is 0.191 e. The van der Waals surface area contributed by atoms with Crippen molar-refractivity contribution < 1.29 is 12.8 Å². The van der Waals surface area contributed by atoms with Crippen molar-refractivity contribution in [1.29, 1.82) is 0 Å². The van der Waals surface area contributed by atoms with Crippen molar-refractivity contribution in [3.8, 4) is 0 Å². The Labute approximate surface area is 154 Å². The van der Waals surface area contributed by atoms with E-state index in [-0.39, 0.29) is 17.6 Å². The summed E-state index contributed by atoms with van der Waals surface area (Å²) in [5.74, 6) is 2.06. The summed E-state index contributed by atoms with van der Waals surface area (Å²) in [6.07, 6.45) is 1.77. The molecular formula is C17H28FN3O2S2. The first-order valence-electron chi connectivity index (χ1n) is 8.35. The molecule has 0 aromatic heterocycles. The molecule has 2 N–H and O–H groups in total. The van der Waals surface area contributed by atoms with Gasteiger partial charge in [-0.3, -0.25) is 4.99 Å². The van der Waals surface area contributed by atoms with E-state index in [1.807, 2.05) is 19.9 Å². The van der Waals surface area contributed by atoms with Crippen molar-refractivity contribution in [1.82, 2.24) is 10.6 Å². The van der Waals surface area contributed by atoms with E-state index in [1.54, 1.807) is 23.9 Å². The zero-order valence-corrected chi connectivity index (χ0v) is 16.7. The molecule has 1 aromatic rings. The summed E-state index contributed by atoms with van der Waals surface area (Å²) in [6.45, 7) is 5.25. The van der Waals surface area contributed by atoms with Gasteiger partial charge in [0.1, 0.15) is 15.7 Å². The molecular weight excluding hydrogens is 361 g/mol. The van der Waals surface area contributed by atoms with Gasteiger partial charge in [0.2, 0.25) is 0 Å². The van der Waals surface area contributed by atoms with Gasteiger partial charge >= 0.3 is 0 Å². The van der Waals surface area contributed by atoms with Crippen molar-refractivity contribution in [2.45, 2.75) is 32.1 Å². The summed E-state index contributed by atoms with van der Waals surface area (Å²) in [4.78, 5) is 4.48. The number of thioether (sulfide) groups is 1. The molecule has 8 heteroatoms. The van der Waals surface area contributed by atoms with Crippen LogP contribution in [0.2, 0.25) is 0 Å². The van der Waals surface area contributed by atoms with Gasteiger partial charge in [-0.1, -0.05) is 18.2 Å². The second kappa shape index (κ2) is 11.4. The minimum absolute atomic E-state index is 0.0126. The molecule has 25 heavy (non-hydrogen) atoms. The van der Waals surface area contributed by atoms with Crippen molar-refractivity contribution >= 4 is 27.6 Å². The summed E-state index contributed by atoms with van der Waals surface area (Å²) in [6, 6.07) is 6.80. The molecule has 5 nitrogen and oxygen atoms in total. The lowest BCUT2D eigenvalue weighted by molar-refractivity contribution is 0.581. The molecule has 1 atom stereocenters. The van der Waals surface area contributed by atoms with Crippen molar-refractivity contribution in [2.24, 2.45) is 4.99 Å². The van der Waals surface area contributed by atoms with E-state index in [9.17, 15) is 12.8 Å². The number of hydrogen-bond acceptors (Lipinski definition) is 4. The van der Waals surface area contributed by atoms with Gasteiger partial charge in [0, 0.05) is 30.3 Å². The molecule has 0 radical (unpaired) electrons. The Kier molecular flexibility index (Phi) is 9.89. The molecule has 0 amide bonds. The largest absolute Gasteiger partial charge is 0.357 e. The maximum absolute atomic E-state index is 13.5. The zero-order valence-electron chi connectivity index (χ0n) is 15.1. The molecule has 0 saturated heterocycles. The highest BCUT2D eigenvalue weighted by Crippen LogP contribution is 2.14. The Morgan fingerprint density at radius 2 is 2.08 bits per heavy atom. The number of sulfone groups is 1. The molecule has 0 heterocycles. The van der Waals surface area contributed by atoms with Crippen LogP contribution in [0.15, 0.2) is 29.3 Å². The van der Waals surface area contributed by atoms with Gasteiger partial charge in [-0.2, -0.15) is 11.8 Å². The van der Waals surface area contributed by atoms with Crippen LogP contribution in [0.5, 0.6) is 0 Å². The first kappa shape index (κ1) is 21.8. The lowest BCUT2D eigenvalue weighted by Crippen LogP contribution is -2.43. The van der Waals surface area contributed by atoms with Crippen molar-refractivity contribution in [2.75, 3.05) is 30.9 Å². The predicted molar refractivity (Wildman–Crippen MR) is 105 cm³/mol. The van der Waals surface area contributed by atoms with Gasteiger partial charge in [-0.25, -0.2) is 12.8 Å². The molecule has 0 aliphatic carbocycles. The molecule has 0 aliphatic rings. The second-order valence-corrected chi connectivity index (χ2v) is 9.23. The Morgan fingerprint density at radius 3 is 2.72 bits per heavy atom. The van der Waals surface area contributed by atoms with Crippen LogP contribution in [0.25, 0.3) is 0 Å². The molecule has 0 bridgehead atoms. The topological polar surface area (TPSA) is 70.6 Å². The Bertz CT molecular complexity index is 651. The van der Waals surface area contributed by atoms with Crippen LogP contribution < -0.4 is 10.6 Å². The first-order chi connectivity index (χ1) is 11.8. The Balaban J connectivity index is 2.38. The number of nitrogens with one attached hydrogen (secondary N) is 2. The van der Waals surface area contributed by atoms with Gasteiger partial charge in [-0.15, -0.1) is 0 Å². The van der Waals surface area contributed by atoms with Gasteiger partial charge in [0.05, 0.1) is 12.3 Å². The van der Waals surface area contributed by atoms with Gasteiger partial charge in [0.25, 0.3) is 0 Å². The van der Waals surface area contributed by atoms with E-state index in [4.69, 9.17) is 0 Å². The fourth-order valence-corrected chi connectivity index (χ4v) is 3.64. The summed E-state index contributed by atoms with van der Waals surface area (Å²) < 4.78 is 36.0. The van der Waals surface area contributed by atoms with E-state index in [1.165, 1.54) is 12.3 Å². The highest BCUT2D eigenvalue weighted by Gasteiger charge is 2.09. The van der Waals surface area contributed by atoms with E-state index < -0.39 is 9.84 Å². The van der Waals surface area contributed by atoms with Crippen LogP contribution in [-0.2, 0) is 15.6 Å². The molecule has 1 rings (SSSR count). The fraction of sp³-hybridized carbons (Fsp3) is 0.588. The number of guanidine groups is 1. The molecule has 1 aromatic carbocycles. The summed E-state index contributed by atoms with van der Waals surface area (Å²) >= 11 is 1.63. The van der Waals surface area contributed by atoms with Crippen molar-refractivity contribution in [3.05, 3.63) is 35.6 Å². The third-order valence-electron chi connectivity index (χ3n) is 3.37. The summed E-state index contributed by atoms with van der Waals surface area (Å²) in [5, 5.41) is 6.36. The van der Waals surface area contributed by atoms with Gasteiger partial charge in [-0.05, 0) is 31.9 Å². The first-order valence-corrected chi connectivity index (χ1v) is 11.6. The number of aliphatic imine (C=N–C) groups is 1. The Hall–Kier alpha value is -1.28. The minimum Gasteiger partial charge on any atom is -0.357 e. The normalized spacial score (nSPS) is 13.5. The monoisotopic (exact) mass is 389 g/mol. The average Bonchev–Trinajstić information content (AvgIpc) is 2.54. The molecule has 0 fully saturated rings. The minimum atomic E-state index is -2.96. The predicted octanol–water partition coefficient (Wildman–Crippen LogP) is 2.44. The molecule has 1 unspecified atom stereocenters. The number of halogens is 1. The summed E-state index contributed by atoms with van der Waals surface area (Å²) in [5.41, 5.74) is 0.705. The van der Waals surface area contributed by atoms with Crippen LogP contribution >= 0.6 is 11.8 Å². The molecule has 0 aliphatic heterocycles. The van der Waals surface area contributed by atoms with E-state index in [2.05, 4.69) is 15.6 Å². The van der Waals surface area contributed by atoms with Gasteiger partial charge in [0.15, 0.2) is 5.96 Å². The standard InChI is InChI=1S/C17H28FN3O2S2/c1-4-19-17(21-14(2)9-12-25(3,22)23)20-10-11-24-13-15-7-5-6-8-16(15)18/h5-8,14H,4,9-13H2,1-3H3,(H2,19,20,21). The van der Waals surface area contributed by atoms with Gasteiger partial charge < -0.3 is 10.6 Å². The highest BCUT2D eigenvalue weighted by atomic mass is 32.2. The SMILES string of the molecule is CCNC(=NCCSCc1ccccc1F)NC(C)CCS(C)(=O)=O. The quantitative estimate of drug-likeness (QED) is 0.365. The van der Waals surface area contributed by atoms with Crippen LogP contribution in [0.3, 0.4) is 0 Å². The molecule has 0 saturated carbocycles. The van der Waals surface area contributed by atoms with E-state index >= 15 is 0 Å². The second-order valence-electron chi connectivity index (χ2n) is 5.87. The average molecular weight is 390 g/mol. The smallest absolute Gasteiger partial charge is 0.191 e. The van der Waals surface area contributed by atoms with Crippen molar-refractivity contribution in [3.63, 3.8) is 0 Å². The number of rotatable bonds is 10. The third-order valence-corrected chi connectivity index (χ3v) is 5.33. The zero-order chi connectivity index (χ0) is 18.7. The lowest BCUT2D eigenvalue weighted by Gasteiger charge is -2.17. The number of benzene rings is 1. The van der Waals surface area contributed by atoms with Crippen LogP contribution in [0, 0.1) is 5.82 Å². The van der Waals surface area contributed by atoms with E-state index in [0.717, 1.165) is 12.3 Å². The maximum atomic E-state index is 13.5. The fourth-order valence-electron chi connectivity index (χ4n) is 2.04. The van der Waals surface area contributed by atoms with E-state index in [0.29, 0.717) is 30.2 Å². The molecule has 142 valence electrons. The molecule has 0 spiro atoms. The summed E-state index contributed by atoms with van der Waals surface area (Å²) in [7, 11) is -2.96. The Morgan fingerprint density at radius 1 is 1.36 bits per heavy atom. The highest BCUT2D eigenvalue weighted by molar-refractivity contribution is 7.98. The third kappa shape index (κ3) is 10.3. The number of hydrogen-bond donors (Lipinski definition) is 2. The van der Waals surface area contributed by atoms with Crippen LogP contribution in [-0.4, -0.2) is 51.3 Å². The lowest BCUT2D eigenvalue weighted by atomic mass is 10.2. The van der Waals surface area contributed by atoms with Crippen LogP contribution in [0.4, 0.5) is 4.39 Å².